The molecule has 28 heavy (non-hydrogen) atoms. The Balaban J connectivity index is 1.50. The van der Waals surface area contributed by atoms with E-state index in [1.165, 1.54) is 0 Å². The van der Waals surface area contributed by atoms with Crippen LogP contribution >= 0.6 is 11.6 Å². The van der Waals surface area contributed by atoms with Crippen LogP contribution in [0.4, 0.5) is 0 Å². The summed E-state index contributed by atoms with van der Waals surface area (Å²) in [7, 11) is 0. The predicted molar refractivity (Wildman–Crippen MR) is 106 cm³/mol. The molecule has 0 spiro atoms. The van der Waals surface area contributed by atoms with Gasteiger partial charge in [0.15, 0.2) is 0 Å². The average Bonchev–Trinajstić information content (AvgIpc) is 3.10. The zero-order valence-corrected chi connectivity index (χ0v) is 16.3. The Morgan fingerprint density at radius 2 is 1.79 bits per heavy atom. The minimum absolute atomic E-state index is 0.0657. The number of hydrogen-bond acceptors (Lipinski definition) is 3. The number of rotatable bonds is 5. The van der Waals surface area contributed by atoms with E-state index in [1.807, 2.05) is 37.3 Å². The summed E-state index contributed by atoms with van der Waals surface area (Å²) in [6, 6.07) is 16.5. The quantitative estimate of drug-likeness (QED) is 0.758. The summed E-state index contributed by atoms with van der Waals surface area (Å²) in [5, 5.41) is 0.595. The fourth-order valence-corrected chi connectivity index (χ4v) is 3.38. The van der Waals surface area contributed by atoms with Gasteiger partial charge in [0.2, 0.25) is 17.7 Å². The van der Waals surface area contributed by atoms with Gasteiger partial charge >= 0.3 is 0 Å². The Labute approximate surface area is 168 Å². The number of carbonyl (C=O) groups excluding carboxylic acids is 3. The first kappa shape index (κ1) is 19.9. The van der Waals surface area contributed by atoms with Crippen molar-refractivity contribution < 1.29 is 14.4 Å². The molecule has 1 heterocycles. The number of benzene rings is 2. The SMILES string of the molecule is CC(c1ccccc1)N1CC(C(=O)NNC(=O)Cc2ccc(Cl)cc2)CC1=O. The molecule has 1 saturated heterocycles. The molecule has 2 N–H and O–H groups in total. The van der Waals surface area contributed by atoms with Crippen LogP contribution < -0.4 is 10.9 Å². The third kappa shape index (κ3) is 4.89. The highest BCUT2D eigenvalue weighted by Crippen LogP contribution is 2.28. The first-order valence-electron chi connectivity index (χ1n) is 9.11. The fraction of sp³-hybridized carbons (Fsp3) is 0.286. The molecule has 2 aromatic carbocycles. The van der Waals surface area contributed by atoms with Gasteiger partial charge in [0.25, 0.3) is 0 Å². The van der Waals surface area contributed by atoms with Crippen LogP contribution in [0.25, 0.3) is 0 Å². The van der Waals surface area contributed by atoms with Crippen LogP contribution in [-0.2, 0) is 20.8 Å². The highest BCUT2D eigenvalue weighted by molar-refractivity contribution is 6.30. The van der Waals surface area contributed by atoms with Crippen LogP contribution in [-0.4, -0.2) is 29.2 Å². The third-order valence-electron chi connectivity index (χ3n) is 4.88. The standard InChI is InChI=1S/C21H22ClN3O3/c1-14(16-5-3-2-4-6-16)25-13-17(12-20(25)27)21(28)24-23-19(26)11-15-7-9-18(22)10-8-15/h2-10,14,17H,11-13H2,1H3,(H,23,26)(H,24,28). The van der Waals surface area contributed by atoms with Crippen molar-refractivity contribution in [2.75, 3.05) is 6.54 Å². The molecule has 146 valence electrons. The molecular weight excluding hydrogens is 378 g/mol. The van der Waals surface area contributed by atoms with Gasteiger partial charge < -0.3 is 4.90 Å². The molecule has 1 aliphatic heterocycles. The van der Waals surface area contributed by atoms with Crippen molar-refractivity contribution in [1.29, 1.82) is 0 Å². The van der Waals surface area contributed by atoms with Crippen molar-refractivity contribution >= 4 is 29.3 Å². The van der Waals surface area contributed by atoms with Crippen LogP contribution in [0.1, 0.15) is 30.5 Å². The summed E-state index contributed by atoms with van der Waals surface area (Å²) in [5.74, 6) is -1.26. The minimum atomic E-state index is -0.491. The lowest BCUT2D eigenvalue weighted by molar-refractivity contribution is -0.131. The van der Waals surface area contributed by atoms with Crippen molar-refractivity contribution in [3.8, 4) is 0 Å². The predicted octanol–water partition coefficient (Wildman–Crippen LogP) is 2.64. The van der Waals surface area contributed by atoms with Crippen LogP contribution in [0.2, 0.25) is 5.02 Å². The van der Waals surface area contributed by atoms with E-state index in [0.717, 1.165) is 11.1 Å². The van der Waals surface area contributed by atoms with Crippen molar-refractivity contribution in [1.82, 2.24) is 15.8 Å². The van der Waals surface area contributed by atoms with Gasteiger partial charge in [0.1, 0.15) is 0 Å². The number of halogens is 1. The van der Waals surface area contributed by atoms with E-state index < -0.39 is 5.92 Å². The van der Waals surface area contributed by atoms with Gasteiger partial charge in [-0.3, -0.25) is 25.2 Å². The van der Waals surface area contributed by atoms with Crippen molar-refractivity contribution in [3.05, 3.63) is 70.7 Å². The van der Waals surface area contributed by atoms with Crippen LogP contribution in [0.15, 0.2) is 54.6 Å². The van der Waals surface area contributed by atoms with Crippen LogP contribution in [0.3, 0.4) is 0 Å². The minimum Gasteiger partial charge on any atom is -0.335 e. The average molecular weight is 400 g/mol. The van der Waals surface area contributed by atoms with Gasteiger partial charge in [-0.05, 0) is 30.2 Å². The highest BCUT2D eigenvalue weighted by atomic mass is 35.5. The molecule has 0 aromatic heterocycles. The van der Waals surface area contributed by atoms with Gasteiger partial charge in [-0.25, -0.2) is 0 Å². The Hall–Kier alpha value is -2.86. The van der Waals surface area contributed by atoms with Crippen LogP contribution in [0, 0.1) is 5.92 Å². The zero-order valence-electron chi connectivity index (χ0n) is 15.5. The summed E-state index contributed by atoms with van der Waals surface area (Å²) >= 11 is 5.82. The second kappa shape index (κ2) is 8.89. The van der Waals surface area contributed by atoms with E-state index >= 15 is 0 Å². The Morgan fingerprint density at radius 1 is 1.11 bits per heavy atom. The van der Waals surface area contributed by atoms with E-state index in [0.29, 0.717) is 11.6 Å². The molecule has 0 radical (unpaired) electrons. The number of nitrogens with one attached hydrogen (secondary N) is 2. The van der Waals surface area contributed by atoms with Crippen molar-refractivity contribution in [2.45, 2.75) is 25.8 Å². The van der Waals surface area contributed by atoms with Crippen molar-refractivity contribution in [2.24, 2.45) is 5.92 Å². The lowest BCUT2D eigenvalue weighted by Crippen LogP contribution is -2.45. The number of hydrogen-bond donors (Lipinski definition) is 2. The normalized spacial score (nSPS) is 17.3. The maximum atomic E-state index is 12.4. The first-order chi connectivity index (χ1) is 13.4. The topological polar surface area (TPSA) is 78.5 Å². The molecule has 2 aromatic rings. The molecule has 3 rings (SSSR count). The number of hydrazine groups is 1. The molecule has 2 unspecified atom stereocenters. The number of amides is 3. The maximum absolute atomic E-state index is 12.4. The molecule has 0 aliphatic carbocycles. The Bertz CT molecular complexity index is 855. The second-order valence-electron chi connectivity index (χ2n) is 6.87. The van der Waals surface area contributed by atoms with Crippen molar-refractivity contribution in [3.63, 3.8) is 0 Å². The Morgan fingerprint density at radius 3 is 2.46 bits per heavy atom. The maximum Gasteiger partial charge on any atom is 0.243 e. The van der Waals surface area contributed by atoms with Gasteiger partial charge in [-0.1, -0.05) is 54.1 Å². The van der Waals surface area contributed by atoms with Crippen LogP contribution in [0.5, 0.6) is 0 Å². The summed E-state index contributed by atoms with van der Waals surface area (Å²) in [6.07, 6.45) is 0.258. The Kier molecular flexibility index (Phi) is 6.31. The lowest BCUT2D eigenvalue weighted by Gasteiger charge is -2.25. The van der Waals surface area contributed by atoms with E-state index in [9.17, 15) is 14.4 Å². The van der Waals surface area contributed by atoms with E-state index in [1.54, 1.807) is 29.2 Å². The monoisotopic (exact) mass is 399 g/mol. The molecule has 0 bridgehead atoms. The summed E-state index contributed by atoms with van der Waals surface area (Å²) < 4.78 is 0. The molecule has 6 nitrogen and oxygen atoms in total. The third-order valence-corrected chi connectivity index (χ3v) is 5.13. The van der Waals surface area contributed by atoms with E-state index in [4.69, 9.17) is 11.6 Å². The molecule has 3 amide bonds. The number of likely N-dealkylation sites (tertiary alicyclic amines) is 1. The second-order valence-corrected chi connectivity index (χ2v) is 7.31. The summed E-state index contributed by atoms with van der Waals surface area (Å²) in [4.78, 5) is 38.4. The smallest absolute Gasteiger partial charge is 0.243 e. The highest BCUT2D eigenvalue weighted by Gasteiger charge is 2.37. The van der Waals surface area contributed by atoms with Gasteiger partial charge in [-0.2, -0.15) is 0 Å². The fourth-order valence-electron chi connectivity index (χ4n) is 3.26. The molecular formula is C21H22ClN3O3. The molecule has 2 atom stereocenters. The molecule has 1 aliphatic rings. The zero-order chi connectivity index (χ0) is 20.1. The van der Waals surface area contributed by atoms with E-state index in [2.05, 4.69) is 10.9 Å². The number of nitrogens with zero attached hydrogens (tertiary/aromatic N) is 1. The first-order valence-corrected chi connectivity index (χ1v) is 9.49. The molecule has 7 heteroatoms. The number of carbonyl (C=O) groups is 3. The van der Waals surface area contributed by atoms with Gasteiger partial charge in [0, 0.05) is 18.0 Å². The molecule has 1 fully saturated rings. The summed E-state index contributed by atoms with van der Waals surface area (Å²) in [6.45, 7) is 2.27. The molecule has 0 saturated carbocycles. The van der Waals surface area contributed by atoms with Gasteiger partial charge in [0.05, 0.1) is 18.4 Å². The largest absolute Gasteiger partial charge is 0.335 e. The lowest BCUT2D eigenvalue weighted by atomic mass is 10.1. The van der Waals surface area contributed by atoms with Gasteiger partial charge in [-0.15, -0.1) is 0 Å². The summed E-state index contributed by atoms with van der Waals surface area (Å²) in [5.41, 5.74) is 6.65. The van der Waals surface area contributed by atoms with E-state index in [-0.39, 0.29) is 36.6 Å².